The lowest BCUT2D eigenvalue weighted by Gasteiger charge is -2.04. The van der Waals surface area contributed by atoms with Crippen LogP contribution < -0.4 is 10.1 Å². The van der Waals surface area contributed by atoms with E-state index in [0.717, 1.165) is 6.92 Å². The van der Waals surface area contributed by atoms with Crippen molar-refractivity contribution >= 4 is 41.0 Å². The molecule has 3 rings (SSSR count). The lowest BCUT2D eigenvalue weighted by molar-refractivity contribution is -0.132. The first-order valence-electron chi connectivity index (χ1n) is 7.73. The summed E-state index contributed by atoms with van der Waals surface area (Å²) in [6, 6.07) is 12.9. The van der Waals surface area contributed by atoms with Crippen LogP contribution in [0, 0.1) is 0 Å². The molecule has 8 heteroatoms. The topological polar surface area (TPSA) is 88.8 Å². The van der Waals surface area contributed by atoms with Crippen LogP contribution in [0.1, 0.15) is 17.3 Å². The molecule has 1 aromatic heterocycles. The van der Waals surface area contributed by atoms with Gasteiger partial charge in [0.15, 0.2) is 5.76 Å². The van der Waals surface area contributed by atoms with Gasteiger partial charge in [0.05, 0.1) is 10.0 Å². The Balaban J connectivity index is 2.03. The van der Waals surface area contributed by atoms with Gasteiger partial charge in [-0.25, -0.2) is 0 Å². The van der Waals surface area contributed by atoms with E-state index < -0.39 is 17.6 Å². The highest BCUT2D eigenvalue weighted by atomic mass is 35.5. The molecule has 2 aromatic carbocycles. The first-order valence-corrected chi connectivity index (χ1v) is 8.48. The van der Waals surface area contributed by atoms with Gasteiger partial charge < -0.3 is 14.3 Å². The van der Waals surface area contributed by atoms with E-state index in [1.807, 2.05) is 0 Å². The maximum atomic E-state index is 12.4. The van der Waals surface area contributed by atoms with Gasteiger partial charge in [0.2, 0.25) is 17.4 Å². The molecular formula is C19H13Cl2NO5. The molecule has 0 fully saturated rings. The molecule has 27 heavy (non-hydrogen) atoms. The molecule has 0 saturated carbocycles. The van der Waals surface area contributed by atoms with Crippen molar-refractivity contribution in [3.05, 3.63) is 64.1 Å². The number of furan rings is 1. The quantitative estimate of drug-likeness (QED) is 0.586. The second-order valence-corrected chi connectivity index (χ2v) is 6.30. The van der Waals surface area contributed by atoms with Crippen molar-refractivity contribution in [2.45, 2.75) is 6.92 Å². The molecule has 0 aliphatic rings. The summed E-state index contributed by atoms with van der Waals surface area (Å²) in [5.74, 6) is -2.19. The van der Waals surface area contributed by atoms with E-state index in [0.29, 0.717) is 16.1 Å². The Morgan fingerprint density at radius 1 is 1.07 bits per heavy atom. The molecule has 3 aromatic rings. The van der Waals surface area contributed by atoms with Crippen LogP contribution in [0.4, 0.5) is 5.88 Å². The Morgan fingerprint density at radius 2 is 1.78 bits per heavy atom. The predicted molar refractivity (Wildman–Crippen MR) is 102 cm³/mol. The third-order valence-electron chi connectivity index (χ3n) is 3.53. The average molecular weight is 406 g/mol. The summed E-state index contributed by atoms with van der Waals surface area (Å²) in [6.45, 7) is 1.16. The van der Waals surface area contributed by atoms with E-state index in [1.165, 1.54) is 12.1 Å². The smallest absolute Gasteiger partial charge is 0.308 e. The highest BCUT2D eigenvalue weighted by Crippen LogP contribution is 2.47. The molecule has 6 nitrogen and oxygen atoms in total. The van der Waals surface area contributed by atoms with Crippen molar-refractivity contribution < 1.29 is 23.8 Å². The van der Waals surface area contributed by atoms with Gasteiger partial charge in [-0.2, -0.15) is 0 Å². The summed E-state index contributed by atoms with van der Waals surface area (Å²) in [5.41, 5.74) is 0.744. The maximum Gasteiger partial charge on any atom is 0.308 e. The molecule has 1 heterocycles. The molecule has 0 unspecified atom stereocenters. The van der Waals surface area contributed by atoms with E-state index in [-0.39, 0.29) is 22.4 Å². The van der Waals surface area contributed by atoms with Gasteiger partial charge in [-0.3, -0.25) is 14.9 Å². The maximum absolute atomic E-state index is 12.4. The Labute approximate surface area is 164 Å². The van der Waals surface area contributed by atoms with E-state index >= 15 is 0 Å². The molecule has 0 spiro atoms. The van der Waals surface area contributed by atoms with Crippen LogP contribution in [0.5, 0.6) is 11.5 Å². The highest BCUT2D eigenvalue weighted by molar-refractivity contribution is 6.42. The Hall–Kier alpha value is -2.96. The van der Waals surface area contributed by atoms with Crippen LogP contribution in [0.25, 0.3) is 11.3 Å². The van der Waals surface area contributed by atoms with Gasteiger partial charge in [0.1, 0.15) is 0 Å². The minimum atomic E-state index is -0.693. The Kier molecular flexibility index (Phi) is 5.39. The largest absolute Gasteiger partial charge is 0.502 e. The van der Waals surface area contributed by atoms with Crippen LogP contribution in [0.2, 0.25) is 10.0 Å². The van der Waals surface area contributed by atoms with Crippen molar-refractivity contribution in [1.82, 2.24) is 0 Å². The molecular weight excluding hydrogens is 393 g/mol. The highest BCUT2D eigenvalue weighted by Gasteiger charge is 2.26. The average Bonchev–Trinajstić information content (AvgIpc) is 2.94. The number of halogens is 2. The summed E-state index contributed by atoms with van der Waals surface area (Å²) in [4.78, 5) is 23.8. The van der Waals surface area contributed by atoms with Crippen LogP contribution in [0.15, 0.2) is 52.9 Å². The minimum Gasteiger partial charge on any atom is -0.502 e. The molecule has 0 bridgehead atoms. The van der Waals surface area contributed by atoms with Gasteiger partial charge >= 0.3 is 5.97 Å². The molecule has 2 N–H and O–H groups in total. The van der Waals surface area contributed by atoms with Gasteiger partial charge in [-0.1, -0.05) is 41.4 Å². The number of carbonyl (C=O) groups excluding carboxylic acids is 2. The van der Waals surface area contributed by atoms with E-state index in [4.69, 9.17) is 32.4 Å². The van der Waals surface area contributed by atoms with Crippen molar-refractivity contribution in [2.75, 3.05) is 5.32 Å². The van der Waals surface area contributed by atoms with Crippen LogP contribution in [-0.4, -0.2) is 17.0 Å². The molecule has 0 aliphatic heterocycles. The van der Waals surface area contributed by atoms with E-state index in [9.17, 15) is 14.7 Å². The number of anilines is 1. The molecule has 0 radical (unpaired) electrons. The molecule has 138 valence electrons. The fourth-order valence-corrected chi connectivity index (χ4v) is 2.62. The second-order valence-electron chi connectivity index (χ2n) is 5.48. The number of esters is 1. The minimum absolute atomic E-state index is 0.0341. The first-order chi connectivity index (χ1) is 12.9. The molecule has 0 atom stereocenters. The number of hydrogen-bond donors (Lipinski definition) is 2. The third kappa shape index (κ3) is 4.07. The first kappa shape index (κ1) is 18.8. The number of nitrogens with one attached hydrogen (secondary N) is 1. The van der Waals surface area contributed by atoms with Crippen molar-refractivity contribution in [3.8, 4) is 22.8 Å². The number of rotatable bonds is 4. The molecule has 0 saturated heterocycles. The molecule has 1 amide bonds. The summed E-state index contributed by atoms with van der Waals surface area (Å²) in [7, 11) is 0. The van der Waals surface area contributed by atoms with Crippen LogP contribution >= 0.6 is 23.2 Å². The fourth-order valence-electron chi connectivity index (χ4n) is 2.33. The zero-order chi connectivity index (χ0) is 19.6. The van der Waals surface area contributed by atoms with Crippen LogP contribution in [0.3, 0.4) is 0 Å². The number of carbonyl (C=O) groups is 2. The second kappa shape index (κ2) is 7.73. The van der Waals surface area contributed by atoms with Crippen molar-refractivity contribution in [1.29, 1.82) is 0 Å². The molecule has 0 aliphatic carbocycles. The number of amides is 1. The predicted octanol–water partition coefficient (Wildman–Crippen LogP) is 5.14. The number of benzene rings is 2. The number of aromatic hydroxyl groups is 1. The number of hydrogen-bond acceptors (Lipinski definition) is 5. The lowest BCUT2D eigenvalue weighted by Crippen LogP contribution is -2.12. The normalized spacial score (nSPS) is 10.5. The van der Waals surface area contributed by atoms with E-state index in [2.05, 4.69) is 5.32 Å². The monoisotopic (exact) mass is 405 g/mol. The summed E-state index contributed by atoms with van der Waals surface area (Å²) in [5, 5.41) is 13.5. The zero-order valence-electron chi connectivity index (χ0n) is 14.0. The Morgan fingerprint density at radius 3 is 2.41 bits per heavy atom. The van der Waals surface area contributed by atoms with Crippen LogP contribution in [-0.2, 0) is 4.79 Å². The Bertz CT molecular complexity index is 1010. The zero-order valence-corrected chi connectivity index (χ0v) is 15.5. The van der Waals surface area contributed by atoms with Gasteiger partial charge in [-0.05, 0) is 30.3 Å². The lowest BCUT2D eigenvalue weighted by atomic mass is 10.1. The van der Waals surface area contributed by atoms with E-state index in [1.54, 1.807) is 36.4 Å². The number of ether oxygens (including phenoxy) is 1. The SMILES string of the molecule is CC(=O)Oc1c(NC(=O)c2ccccc2)oc(-c2ccc(Cl)c(Cl)c2)c1O. The van der Waals surface area contributed by atoms with Crippen molar-refractivity contribution in [3.63, 3.8) is 0 Å². The third-order valence-corrected chi connectivity index (χ3v) is 4.27. The summed E-state index contributed by atoms with van der Waals surface area (Å²) < 4.78 is 10.6. The summed E-state index contributed by atoms with van der Waals surface area (Å²) in [6.07, 6.45) is 0. The fraction of sp³-hybridized carbons (Fsp3) is 0.0526. The van der Waals surface area contributed by atoms with Gasteiger partial charge in [-0.15, -0.1) is 0 Å². The summed E-state index contributed by atoms with van der Waals surface area (Å²) >= 11 is 11.9. The van der Waals surface area contributed by atoms with Gasteiger partial charge in [0, 0.05) is 18.1 Å². The van der Waals surface area contributed by atoms with Crippen molar-refractivity contribution in [2.24, 2.45) is 0 Å². The standard InChI is InChI=1S/C19H13Cl2NO5/c1-10(23)26-17-15(24)16(12-7-8-13(20)14(21)9-12)27-19(17)22-18(25)11-5-3-2-4-6-11/h2-9,24H,1H3,(H,22,25). The van der Waals surface area contributed by atoms with Gasteiger partial charge in [0.25, 0.3) is 5.91 Å².